The van der Waals surface area contributed by atoms with Gasteiger partial charge in [0.25, 0.3) is 0 Å². The van der Waals surface area contributed by atoms with Gasteiger partial charge in [-0.2, -0.15) is 13.2 Å². The molecule has 1 aromatic carbocycles. The van der Waals surface area contributed by atoms with Crippen molar-refractivity contribution in [3.8, 4) is 0 Å². The number of hydrogen-bond acceptors (Lipinski definition) is 2. The molecule has 0 fully saturated rings. The Morgan fingerprint density at radius 2 is 1.95 bits per heavy atom. The summed E-state index contributed by atoms with van der Waals surface area (Å²) in [6.45, 7) is 3.25. The van der Waals surface area contributed by atoms with Gasteiger partial charge in [-0.05, 0) is 18.2 Å². The van der Waals surface area contributed by atoms with Crippen LogP contribution >= 0.6 is 11.6 Å². The Labute approximate surface area is 122 Å². The second-order valence-corrected chi connectivity index (χ2v) is 4.42. The first-order chi connectivity index (χ1) is 9.61. The fourth-order valence-corrected chi connectivity index (χ4v) is 1.42. The molecular formula is C12H10ClF3N2O3. The van der Waals surface area contributed by atoms with Gasteiger partial charge in [-0.3, -0.25) is 0 Å². The number of benzene rings is 1. The molecular weight excluding hydrogens is 313 g/mol. The standard InChI is InChI=1S/C12H10ClF3N2O3/c1-6(13)5-17-11(21)18-9-3-2-7(12(14,15)16)4-8(9)10(19)20/h2-4H,1,5H2,(H,19,20)(H2,17,18,21). The highest BCUT2D eigenvalue weighted by Crippen LogP contribution is 2.31. The van der Waals surface area contributed by atoms with E-state index in [0.717, 1.165) is 6.07 Å². The van der Waals surface area contributed by atoms with Crippen LogP contribution in [0.4, 0.5) is 23.7 Å². The Morgan fingerprint density at radius 1 is 1.33 bits per heavy atom. The molecule has 0 heterocycles. The van der Waals surface area contributed by atoms with E-state index < -0.39 is 29.3 Å². The minimum Gasteiger partial charge on any atom is -0.478 e. The predicted molar refractivity (Wildman–Crippen MR) is 70.4 cm³/mol. The van der Waals surface area contributed by atoms with Crippen molar-refractivity contribution in [2.24, 2.45) is 0 Å². The number of carboxylic acids is 1. The van der Waals surface area contributed by atoms with Crippen LogP contribution in [0.25, 0.3) is 0 Å². The number of aromatic carboxylic acids is 1. The van der Waals surface area contributed by atoms with E-state index in [9.17, 15) is 22.8 Å². The molecule has 0 aromatic heterocycles. The van der Waals surface area contributed by atoms with Gasteiger partial charge in [-0.15, -0.1) is 0 Å². The van der Waals surface area contributed by atoms with Gasteiger partial charge >= 0.3 is 18.2 Å². The summed E-state index contributed by atoms with van der Waals surface area (Å²) in [6, 6.07) is 1.15. The first-order valence-corrected chi connectivity index (χ1v) is 5.81. The largest absolute Gasteiger partial charge is 0.478 e. The van der Waals surface area contributed by atoms with Gasteiger partial charge in [0.1, 0.15) is 0 Å². The summed E-state index contributed by atoms with van der Waals surface area (Å²) in [7, 11) is 0. The average Bonchev–Trinajstić information content (AvgIpc) is 2.35. The maximum absolute atomic E-state index is 12.5. The summed E-state index contributed by atoms with van der Waals surface area (Å²) in [5.74, 6) is -1.60. The van der Waals surface area contributed by atoms with E-state index in [4.69, 9.17) is 16.7 Å². The molecule has 0 aliphatic heterocycles. The molecule has 0 unspecified atom stereocenters. The number of nitrogens with one attached hydrogen (secondary N) is 2. The molecule has 0 saturated carbocycles. The smallest absolute Gasteiger partial charge is 0.416 e. The average molecular weight is 323 g/mol. The van der Waals surface area contributed by atoms with Gasteiger partial charge in [0.2, 0.25) is 0 Å². The summed E-state index contributed by atoms with van der Waals surface area (Å²) < 4.78 is 37.6. The van der Waals surface area contributed by atoms with E-state index in [0.29, 0.717) is 12.1 Å². The van der Waals surface area contributed by atoms with Gasteiger partial charge in [-0.25, -0.2) is 9.59 Å². The normalized spacial score (nSPS) is 10.9. The van der Waals surface area contributed by atoms with Crippen molar-refractivity contribution in [3.05, 3.63) is 40.9 Å². The van der Waals surface area contributed by atoms with Crippen LogP contribution in [-0.2, 0) is 6.18 Å². The molecule has 2 amide bonds. The lowest BCUT2D eigenvalue weighted by molar-refractivity contribution is -0.137. The first kappa shape index (κ1) is 16.8. The van der Waals surface area contributed by atoms with E-state index in [2.05, 4.69) is 17.2 Å². The van der Waals surface area contributed by atoms with Crippen LogP contribution in [0.1, 0.15) is 15.9 Å². The Hall–Kier alpha value is -2.22. The number of hydrogen-bond donors (Lipinski definition) is 3. The zero-order valence-electron chi connectivity index (χ0n) is 10.4. The van der Waals surface area contributed by atoms with E-state index in [1.165, 1.54) is 0 Å². The second kappa shape index (κ2) is 6.49. The van der Waals surface area contributed by atoms with Gasteiger partial charge in [0.15, 0.2) is 0 Å². The summed E-state index contributed by atoms with van der Waals surface area (Å²) in [6.07, 6.45) is -4.68. The molecule has 21 heavy (non-hydrogen) atoms. The number of carbonyl (C=O) groups excluding carboxylic acids is 1. The summed E-state index contributed by atoms with van der Waals surface area (Å²) in [5, 5.41) is 13.4. The van der Waals surface area contributed by atoms with Crippen LogP contribution in [-0.4, -0.2) is 23.7 Å². The fraction of sp³-hybridized carbons (Fsp3) is 0.167. The van der Waals surface area contributed by atoms with E-state index in [1.807, 2.05) is 0 Å². The SMILES string of the molecule is C=C(Cl)CNC(=O)Nc1ccc(C(F)(F)F)cc1C(=O)O. The molecule has 0 radical (unpaired) electrons. The Morgan fingerprint density at radius 3 is 2.43 bits per heavy atom. The molecule has 3 N–H and O–H groups in total. The quantitative estimate of drug-likeness (QED) is 0.796. The van der Waals surface area contributed by atoms with Crippen LogP contribution in [0.3, 0.4) is 0 Å². The number of amides is 2. The summed E-state index contributed by atoms with van der Waals surface area (Å²) in [4.78, 5) is 22.4. The number of carboxylic acid groups (broad SMARTS) is 1. The minimum absolute atomic E-state index is 0.0730. The highest BCUT2D eigenvalue weighted by Gasteiger charge is 2.32. The fourth-order valence-electron chi connectivity index (χ4n) is 1.35. The third-order valence-electron chi connectivity index (χ3n) is 2.27. The van der Waals surface area contributed by atoms with Crippen molar-refractivity contribution in [1.82, 2.24) is 5.32 Å². The number of halogens is 4. The zero-order chi connectivity index (χ0) is 16.2. The molecule has 1 aromatic rings. The second-order valence-electron chi connectivity index (χ2n) is 3.89. The highest BCUT2D eigenvalue weighted by molar-refractivity contribution is 6.29. The highest BCUT2D eigenvalue weighted by atomic mass is 35.5. The van der Waals surface area contributed by atoms with Gasteiger partial charge < -0.3 is 15.7 Å². The monoisotopic (exact) mass is 322 g/mol. The molecule has 0 aliphatic rings. The van der Waals surface area contributed by atoms with Gasteiger partial charge in [0, 0.05) is 5.03 Å². The molecule has 9 heteroatoms. The molecule has 114 valence electrons. The maximum Gasteiger partial charge on any atom is 0.416 e. The number of urea groups is 1. The van der Waals surface area contributed by atoms with E-state index in [-0.39, 0.29) is 17.3 Å². The van der Waals surface area contributed by atoms with Crippen molar-refractivity contribution in [1.29, 1.82) is 0 Å². The van der Waals surface area contributed by atoms with Crippen LogP contribution in [0, 0.1) is 0 Å². The van der Waals surface area contributed by atoms with Crippen molar-refractivity contribution < 1.29 is 27.9 Å². The topological polar surface area (TPSA) is 78.4 Å². The van der Waals surface area contributed by atoms with Crippen molar-refractivity contribution >= 4 is 29.3 Å². The maximum atomic E-state index is 12.5. The van der Waals surface area contributed by atoms with E-state index in [1.54, 1.807) is 0 Å². The molecule has 0 bridgehead atoms. The van der Waals surface area contributed by atoms with Crippen LogP contribution < -0.4 is 10.6 Å². The Kier molecular flexibility index (Phi) is 5.20. The lowest BCUT2D eigenvalue weighted by atomic mass is 10.1. The number of anilines is 1. The number of alkyl halides is 3. The molecule has 5 nitrogen and oxygen atoms in total. The van der Waals surface area contributed by atoms with Gasteiger partial charge in [-0.1, -0.05) is 18.2 Å². The minimum atomic E-state index is -4.68. The number of carbonyl (C=O) groups is 2. The lowest BCUT2D eigenvalue weighted by Crippen LogP contribution is -2.30. The summed E-state index contributed by atoms with van der Waals surface area (Å²) >= 11 is 5.42. The number of rotatable bonds is 4. The summed E-state index contributed by atoms with van der Waals surface area (Å²) in [5.41, 5.74) is -2.07. The van der Waals surface area contributed by atoms with Crippen LogP contribution in [0.2, 0.25) is 0 Å². The molecule has 0 saturated heterocycles. The zero-order valence-corrected chi connectivity index (χ0v) is 11.2. The van der Waals surface area contributed by atoms with Crippen LogP contribution in [0.5, 0.6) is 0 Å². The van der Waals surface area contributed by atoms with Crippen LogP contribution in [0.15, 0.2) is 29.8 Å². The Bertz CT molecular complexity index is 588. The third kappa shape index (κ3) is 4.99. The lowest BCUT2D eigenvalue weighted by Gasteiger charge is -2.12. The van der Waals surface area contributed by atoms with Gasteiger partial charge in [0.05, 0.1) is 23.4 Å². The molecule has 0 aliphatic carbocycles. The molecule has 0 atom stereocenters. The van der Waals surface area contributed by atoms with Crippen molar-refractivity contribution in [2.45, 2.75) is 6.18 Å². The third-order valence-corrected chi connectivity index (χ3v) is 2.40. The molecule has 0 spiro atoms. The van der Waals surface area contributed by atoms with E-state index >= 15 is 0 Å². The van der Waals surface area contributed by atoms with Crippen molar-refractivity contribution in [3.63, 3.8) is 0 Å². The predicted octanol–water partition coefficient (Wildman–Crippen LogP) is 3.28. The first-order valence-electron chi connectivity index (χ1n) is 5.44. The molecule has 1 rings (SSSR count). The van der Waals surface area contributed by atoms with Crippen molar-refractivity contribution in [2.75, 3.05) is 11.9 Å². The Balaban J connectivity index is 3.00.